The first-order chi connectivity index (χ1) is 10.3. The van der Waals surface area contributed by atoms with Crippen LogP contribution in [-0.4, -0.2) is 29.7 Å². The van der Waals surface area contributed by atoms with Crippen molar-refractivity contribution in [2.75, 3.05) is 19.7 Å². The van der Waals surface area contributed by atoms with E-state index in [1.807, 2.05) is 6.07 Å². The van der Waals surface area contributed by atoms with Gasteiger partial charge in [0.25, 0.3) is 0 Å². The number of aliphatic hydroxyl groups is 1. The van der Waals surface area contributed by atoms with Crippen molar-refractivity contribution in [3.8, 4) is 0 Å². The van der Waals surface area contributed by atoms with Gasteiger partial charge in [0.15, 0.2) is 0 Å². The maximum Gasteiger partial charge on any atom is 0.0468 e. The normalized spacial score (nSPS) is 12.5. The summed E-state index contributed by atoms with van der Waals surface area (Å²) in [5.41, 5.74) is 2.70. The van der Waals surface area contributed by atoms with E-state index in [2.05, 4.69) is 66.4 Å². The molecule has 2 nitrogen and oxygen atoms in total. The highest BCUT2D eigenvalue weighted by Gasteiger charge is 2.10. The Labute approximate surface area is 128 Å². The van der Waals surface area contributed by atoms with Gasteiger partial charge in [-0.15, -0.1) is 0 Å². The van der Waals surface area contributed by atoms with E-state index in [1.54, 1.807) is 0 Å². The van der Waals surface area contributed by atoms with Gasteiger partial charge in [-0.2, -0.15) is 0 Å². The molecule has 0 aromatic heterocycles. The Bertz CT molecular complexity index is 497. The zero-order chi connectivity index (χ0) is 14.9. The summed E-state index contributed by atoms with van der Waals surface area (Å²) < 4.78 is 0. The SMILES string of the molecule is C[C@H](CO)CN(CCc1ccccc1)Cc1ccccc1. The number of hydrogen-bond acceptors (Lipinski definition) is 2. The lowest BCUT2D eigenvalue weighted by Gasteiger charge is -2.25. The minimum atomic E-state index is 0.247. The molecule has 0 radical (unpaired) electrons. The van der Waals surface area contributed by atoms with Gasteiger partial charge >= 0.3 is 0 Å². The molecule has 0 unspecified atom stereocenters. The van der Waals surface area contributed by atoms with Crippen LogP contribution in [0.4, 0.5) is 0 Å². The summed E-state index contributed by atoms with van der Waals surface area (Å²) in [6, 6.07) is 21.1. The molecule has 0 saturated carbocycles. The first kappa shape index (κ1) is 15.7. The Kier molecular flexibility index (Phi) is 6.45. The molecule has 0 aliphatic heterocycles. The fraction of sp³-hybridized carbons (Fsp3) is 0.368. The van der Waals surface area contributed by atoms with Crippen LogP contribution in [-0.2, 0) is 13.0 Å². The summed E-state index contributed by atoms with van der Waals surface area (Å²) in [7, 11) is 0. The Morgan fingerprint density at radius 2 is 1.48 bits per heavy atom. The molecule has 1 atom stereocenters. The molecule has 0 fully saturated rings. The van der Waals surface area contributed by atoms with Gasteiger partial charge in [0.05, 0.1) is 0 Å². The third-order valence-electron chi connectivity index (χ3n) is 3.69. The number of rotatable bonds is 8. The molecule has 0 aliphatic carbocycles. The van der Waals surface area contributed by atoms with E-state index in [0.717, 1.165) is 26.1 Å². The summed E-state index contributed by atoms with van der Waals surface area (Å²) in [5.74, 6) is 0.310. The van der Waals surface area contributed by atoms with Crippen molar-refractivity contribution >= 4 is 0 Å². The summed E-state index contributed by atoms with van der Waals surface area (Å²) >= 11 is 0. The van der Waals surface area contributed by atoms with Crippen molar-refractivity contribution in [3.63, 3.8) is 0 Å². The summed E-state index contributed by atoms with van der Waals surface area (Å²) in [4.78, 5) is 2.43. The van der Waals surface area contributed by atoms with Crippen LogP contribution < -0.4 is 0 Å². The van der Waals surface area contributed by atoms with Crippen LogP contribution in [0.5, 0.6) is 0 Å². The largest absolute Gasteiger partial charge is 0.396 e. The first-order valence-corrected chi connectivity index (χ1v) is 7.69. The second-order valence-electron chi connectivity index (χ2n) is 5.74. The van der Waals surface area contributed by atoms with Gasteiger partial charge in [0, 0.05) is 26.2 Å². The second-order valence-corrected chi connectivity index (χ2v) is 5.74. The van der Waals surface area contributed by atoms with Crippen LogP contribution in [0, 0.1) is 5.92 Å². The molecule has 0 aliphatic rings. The number of aliphatic hydroxyl groups excluding tert-OH is 1. The van der Waals surface area contributed by atoms with Crippen molar-refractivity contribution < 1.29 is 5.11 Å². The smallest absolute Gasteiger partial charge is 0.0468 e. The molecule has 0 heterocycles. The Morgan fingerprint density at radius 3 is 2.05 bits per heavy atom. The Balaban J connectivity index is 1.95. The van der Waals surface area contributed by atoms with Gasteiger partial charge in [-0.3, -0.25) is 4.90 Å². The lowest BCUT2D eigenvalue weighted by atomic mass is 10.1. The minimum Gasteiger partial charge on any atom is -0.396 e. The zero-order valence-corrected chi connectivity index (χ0v) is 12.8. The highest BCUT2D eigenvalue weighted by atomic mass is 16.3. The lowest BCUT2D eigenvalue weighted by molar-refractivity contribution is 0.169. The number of nitrogens with zero attached hydrogens (tertiary/aromatic N) is 1. The quantitative estimate of drug-likeness (QED) is 0.803. The number of hydrogen-bond donors (Lipinski definition) is 1. The zero-order valence-electron chi connectivity index (χ0n) is 12.8. The molecule has 2 aromatic carbocycles. The maximum atomic E-state index is 9.31. The van der Waals surface area contributed by atoms with Gasteiger partial charge in [-0.25, -0.2) is 0 Å². The molecule has 0 spiro atoms. The Morgan fingerprint density at radius 1 is 0.905 bits per heavy atom. The molecule has 2 heteroatoms. The monoisotopic (exact) mass is 283 g/mol. The van der Waals surface area contributed by atoms with Gasteiger partial charge in [0.2, 0.25) is 0 Å². The van der Waals surface area contributed by atoms with E-state index in [0.29, 0.717) is 5.92 Å². The van der Waals surface area contributed by atoms with Gasteiger partial charge in [-0.1, -0.05) is 67.6 Å². The number of benzene rings is 2. The third kappa shape index (κ3) is 5.70. The van der Waals surface area contributed by atoms with E-state index in [9.17, 15) is 5.11 Å². The fourth-order valence-electron chi connectivity index (χ4n) is 2.51. The third-order valence-corrected chi connectivity index (χ3v) is 3.69. The van der Waals surface area contributed by atoms with Crippen LogP contribution in [0.15, 0.2) is 60.7 Å². The van der Waals surface area contributed by atoms with Crippen LogP contribution in [0.1, 0.15) is 18.1 Å². The van der Waals surface area contributed by atoms with Crippen molar-refractivity contribution in [1.82, 2.24) is 4.90 Å². The summed E-state index contributed by atoms with van der Waals surface area (Å²) in [5, 5.41) is 9.31. The molecule has 21 heavy (non-hydrogen) atoms. The van der Waals surface area contributed by atoms with E-state index in [4.69, 9.17) is 0 Å². The predicted molar refractivity (Wildman–Crippen MR) is 88.1 cm³/mol. The molecular weight excluding hydrogens is 258 g/mol. The standard InChI is InChI=1S/C19H25NO/c1-17(16-21)14-20(15-19-10-6-3-7-11-19)13-12-18-8-4-2-5-9-18/h2-11,17,21H,12-16H2,1H3/t17-/m0/s1. The van der Waals surface area contributed by atoms with Gasteiger partial charge in [0.1, 0.15) is 0 Å². The minimum absolute atomic E-state index is 0.247. The summed E-state index contributed by atoms with van der Waals surface area (Å²) in [6.45, 7) is 5.23. The highest BCUT2D eigenvalue weighted by molar-refractivity contribution is 5.16. The topological polar surface area (TPSA) is 23.5 Å². The van der Waals surface area contributed by atoms with Gasteiger partial charge in [-0.05, 0) is 23.5 Å². The average Bonchev–Trinajstić information content (AvgIpc) is 2.54. The van der Waals surface area contributed by atoms with Gasteiger partial charge < -0.3 is 5.11 Å². The fourth-order valence-corrected chi connectivity index (χ4v) is 2.51. The van der Waals surface area contributed by atoms with Crippen molar-refractivity contribution in [2.24, 2.45) is 5.92 Å². The van der Waals surface area contributed by atoms with E-state index >= 15 is 0 Å². The molecule has 0 saturated heterocycles. The van der Waals surface area contributed by atoms with Crippen LogP contribution in [0.2, 0.25) is 0 Å². The van der Waals surface area contributed by atoms with Crippen molar-refractivity contribution in [1.29, 1.82) is 0 Å². The van der Waals surface area contributed by atoms with Crippen molar-refractivity contribution in [2.45, 2.75) is 19.9 Å². The first-order valence-electron chi connectivity index (χ1n) is 7.69. The van der Waals surface area contributed by atoms with Crippen LogP contribution >= 0.6 is 0 Å². The highest BCUT2D eigenvalue weighted by Crippen LogP contribution is 2.09. The maximum absolute atomic E-state index is 9.31. The lowest BCUT2D eigenvalue weighted by Crippen LogP contribution is -2.31. The molecule has 0 amide bonds. The van der Waals surface area contributed by atoms with E-state index in [1.165, 1.54) is 11.1 Å². The molecule has 0 bridgehead atoms. The van der Waals surface area contributed by atoms with Crippen molar-refractivity contribution in [3.05, 3.63) is 71.8 Å². The summed E-state index contributed by atoms with van der Waals surface area (Å²) in [6.07, 6.45) is 1.05. The molecule has 2 aromatic rings. The van der Waals surface area contributed by atoms with Crippen LogP contribution in [0.3, 0.4) is 0 Å². The molecular formula is C19H25NO. The van der Waals surface area contributed by atoms with Crippen LogP contribution in [0.25, 0.3) is 0 Å². The van der Waals surface area contributed by atoms with E-state index in [-0.39, 0.29) is 6.61 Å². The molecule has 2 rings (SSSR count). The molecule has 1 N–H and O–H groups in total. The predicted octanol–water partition coefficient (Wildman–Crippen LogP) is 3.36. The second kappa shape index (κ2) is 8.60. The average molecular weight is 283 g/mol. The molecule has 112 valence electrons. The van der Waals surface area contributed by atoms with E-state index < -0.39 is 0 Å². The Hall–Kier alpha value is -1.64.